The Morgan fingerprint density at radius 2 is 1.71 bits per heavy atom. The van der Waals surface area contributed by atoms with E-state index in [1.807, 2.05) is 0 Å². The van der Waals surface area contributed by atoms with E-state index in [-0.39, 0.29) is 16.9 Å². The van der Waals surface area contributed by atoms with Crippen molar-refractivity contribution in [2.24, 2.45) is 0 Å². The number of rotatable bonds is 3. The first kappa shape index (κ1) is 21.8. The molecular weight excluding hydrogens is 409 g/mol. The summed E-state index contributed by atoms with van der Waals surface area (Å²) in [4.78, 5) is 33.5. The second-order valence-corrected chi connectivity index (χ2v) is 8.45. The molecule has 31 heavy (non-hydrogen) atoms. The lowest BCUT2D eigenvalue weighted by Gasteiger charge is -2.41. The van der Waals surface area contributed by atoms with Crippen LogP contribution in [0, 0.1) is 0 Å². The summed E-state index contributed by atoms with van der Waals surface area (Å²) in [6.45, 7) is 4.03. The number of nitrogens with zero attached hydrogens (tertiary/aromatic N) is 4. The molecule has 1 aliphatic carbocycles. The quantitative estimate of drug-likeness (QED) is 0.740. The first-order valence-corrected chi connectivity index (χ1v) is 10.9. The van der Waals surface area contributed by atoms with Crippen molar-refractivity contribution in [2.75, 3.05) is 26.2 Å². The van der Waals surface area contributed by atoms with Crippen LogP contribution in [0.5, 0.6) is 0 Å². The molecule has 2 aliphatic rings. The Balaban J connectivity index is 1.58. The SMILES string of the molecule is C[C@H](C(=O)N1CCN(C2CCCCC2)CC1)n1c(=O)c(C(F)(F)F)nc2ccccc21. The number of benzene rings is 1. The third-order valence-corrected chi connectivity index (χ3v) is 6.53. The lowest BCUT2D eigenvalue weighted by Crippen LogP contribution is -2.53. The van der Waals surface area contributed by atoms with Crippen LogP contribution in [0.2, 0.25) is 0 Å². The van der Waals surface area contributed by atoms with Crippen molar-refractivity contribution in [3.05, 3.63) is 40.3 Å². The zero-order chi connectivity index (χ0) is 22.2. The Morgan fingerprint density at radius 3 is 2.35 bits per heavy atom. The van der Waals surface area contributed by atoms with Crippen molar-refractivity contribution >= 4 is 16.9 Å². The van der Waals surface area contributed by atoms with E-state index < -0.39 is 23.5 Å². The summed E-state index contributed by atoms with van der Waals surface area (Å²) in [5.41, 5.74) is -2.51. The average molecular weight is 436 g/mol. The maximum atomic E-state index is 13.4. The highest BCUT2D eigenvalue weighted by Gasteiger charge is 2.39. The molecule has 6 nitrogen and oxygen atoms in total. The number of carbonyl (C=O) groups excluding carboxylic acids is 1. The van der Waals surface area contributed by atoms with Crippen LogP contribution in [-0.4, -0.2) is 57.5 Å². The number of hydrogen-bond acceptors (Lipinski definition) is 4. The van der Waals surface area contributed by atoms with Crippen LogP contribution in [0.3, 0.4) is 0 Å². The Labute approximate surface area is 178 Å². The predicted octanol–water partition coefficient (Wildman–Crippen LogP) is 3.45. The van der Waals surface area contributed by atoms with Crippen LogP contribution < -0.4 is 5.56 Å². The molecule has 2 fully saturated rings. The van der Waals surface area contributed by atoms with Gasteiger partial charge in [-0.15, -0.1) is 0 Å². The highest BCUT2D eigenvalue weighted by molar-refractivity contribution is 5.83. The van der Waals surface area contributed by atoms with Crippen molar-refractivity contribution in [2.45, 2.75) is 57.3 Å². The van der Waals surface area contributed by atoms with E-state index in [9.17, 15) is 22.8 Å². The van der Waals surface area contributed by atoms with E-state index in [1.54, 1.807) is 17.0 Å². The van der Waals surface area contributed by atoms with Gasteiger partial charge >= 0.3 is 6.18 Å². The van der Waals surface area contributed by atoms with Gasteiger partial charge in [0.05, 0.1) is 11.0 Å². The normalized spacial score (nSPS) is 20.2. The van der Waals surface area contributed by atoms with Gasteiger partial charge < -0.3 is 4.90 Å². The van der Waals surface area contributed by atoms with Crippen LogP contribution in [0.4, 0.5) is 13.2 Å². The predicted molar refractivity (Wildman–Crippen MR) is 111 cm³/mol. The molecule has 1 aromatic carbocycles. The van der Waals surface area contributed by atoms with Gasteiger partial charge in [-0.3, -0.25) is 19.1 Å². The lowest BCUT2D eigenvalue weighted by atomic mass is 9.94. The monoisotopic (exact) mass is 436 g/mol. The van der Waals surface area contributed by atoms with Crippen molar-refractivity contribution in [3.8, 4) is 0 Å². The molecule has 0 radical (unpaired) electrons. The molecule has 0 N–H and O–H groups in total. The minimum absolute atomic E-state index is 0.0381. The molecule has 1 aromatic heterocycles. The summed E-state index contributed by atoms with van der Waals surface area (Å²) >= 11 is 0. The molecule has 2 aromatic rings. The third kappa shape index (κ3) is 4.33. The topological polar surface area (TPSA) is 58.4 Å². The molecule has 1 atom stereocenters. The molecule has 4 rings (SSSR count). The fraction of sp³-hybridized carbons (Fsp3) is 0.591. The van der Waals surface area contributed by atoms with Gasteiger partial charge in [-0.1, -0.05) is 31.4 Å². The summed E-state index contributed by atoms with van der Waals surface area (Å²) in [5.74, 6) is -0.338. The summed E-state index contributed by atoms with van der Waals surface area (Å²) in [6.07, 6.45) is 1.23. The zero-order valence-corrected chi connectivity index (χ0v) is 17.6. The van der Waals surface area contributed by atoms with E-state index in [2.05, 4.69) is 9.88 Å². The van der Waals surface area contributed by atoms with Gasteiger partial charge in [0.15, 0.2) is 0 Å². The standard InChI is InChI=1S/C22H27F3N4O2/c1-15(20(30)28-13-11-27(12-14-28)16-7-3-2-4-8-16)29-18-10-6-5-9-17(18)26-19(21(29)31)22(23,24)25/h5-6,9-10,15-16H,2-4,7-8,11-14H2,1H3/t15-/m1/s1. The van der Waals surface area contributed by atoms with Crippen LogP contribution in [0.1, 0.15) is 50.8 Å². The summed E-state index contributed by atoms with van der Waals surface area (Å²) in [5, 5.41) is 0. The molecule has 0 bridgehead atoms. The lowest BCUT2D eigenvalue weighted by molar-refractivity contribution is -0.143. The largest absolute Gasteiger partial charge is 0.438 e. The molecule has 0 unspecified atom stereocenters. The van der Waals surface area contributed by atoms with Crippen LogP contribution in [-0.2, 0) is 11.0 Å². The fourth-order valence-corrected chi connectivity index (χ4v) is 4.85. The first-order valence-electron chi connectivity index (χ1n) is 10.9. The van der Waals surface area contributed by atoms with Crippen molar-refractivity contribution in [1.29, 1.82) is 0 Å². The van der Waals surface area contributed by atoms with Crippen LogP contribution >= 0.6 is 0 Å². The van der Waals surface area contributed by atoms with Gasteiger partial charge in [0, 0.05) is 32.2 Å². The Hall–Kier alpha value is -2.42. The zero-order valence-electron chi connectivity index (χ0n) is 17.6. The van der Waals surface area contributed by atoms with E-state index in [1.165, 1.54) is 51.2 Å². The number of para-hydroxylation sites is 2. The van der Waals surface area contributed by atoms with Gasteiger partial charge in [-0.2, -0.15) is 13.2 Å². The summed E-state index contributed by atoms with van der Waals surface area (Å²) in [7, 11) is 0. The average Bonchev–Trinajstić information content (AvgIpc) is 2.78. The van der Waals surface area contributed by atoms with Crippen molar-refractivity contribution in [1.82, 2.24) is 19.4 Å². The Morgan fingerprint density at radius 1 is 1.06 bits per heavy atom. The van der Waals surface area contributed by atoms with Gasteiger partial charge in [0.2, 0.25) is 11.6 Å². The number of halogens is 3. The van der Waals surface area contributed by atoms with Crippen molar-refractivity contribution in [3.63, 3.8) is 0 Å². The number of amides is 1. The van der Waals surface area contributed by atoms with E-state index in [0.717, 1.165) is 17.7 Å². The summed E-state index contributed by atoms with van der Waals surface area (Å²) < 4.78 is 41.2. The number of alkyl halides is 3. The summed E-state index contributed by atoms with van der Waals surface area (Å²) in [6, 6.07) is 5.62. The van der Waals surface area contributed by atoms with Crippen LogP contribution in [0.15, 0.2) is 29.1 Å². The van der Waals surface area contributed by atoms with Gasteiger partial charge in [-0.05, 0) is 31.9 Å². The maximum absolute atomic E-state index is 13.4. The van der Waals surface area contributed by atoms with Gasteiger partial charge in [0.25, 0.3) is 5.56 Å². The first-order chi connectivity index (χ1) is 14.8. The fourth-order valence-electron chi connectivity index (χ4n) is 4.85. The second kappa shape index (κ2) is 8.61. The van der Waals surface area contributed by atoms with Crippen molar-refractivity contribution < 1.29 is 18.0 Å². The third-order valence-electron chi connectivity index (χ3n) is 6.53. The second-order valence-electron chi connectivity index (χ2n) is 8.45. The minimum atomic E-state index is -4.89. The highest BCUT2D eigenvalue weighted by Crippen LogP contribution is 2.28. The number of aromatic nitrogens is 2. The Bertz CT molecular complexity index is 1010. The number of carbonyl (C=O) groups is 1. The molecule has 1 amide bonds. The molecule has 9 heteroatoms. The van der Waals surface area contributed by atoms with Gasteiger partial charge in [-0.25, -0.2) is 4.98 Å². The molecule has 1 aliphatic heterocycles. The maximum Gasteiger partial charge on any atom is 0.438 e. The molecule has 0 spiro atoms. The van der Waals surface area contributed by atoms with E-state index >= 15 is 0 Å². The molecular formula is C22H27F3N4O2. The van der Waals surface area contributed by atoms with Crippen LogP contribution in [0.25, 0.3) is 11.0 Å². The number of hydrogen-bond donors (Lipinski definition) is 0. The van der Waals surface area contributed by atoms with E-state index in [0.29, 0.717) is 19.1 Å². The molecule has 168 valence electrons. The van der Waals surface area contributed by atoms with E-state index in [4.69, 9.17) is 0 Å². The molecule has 1 saturated heterocycles. The highest BCUT2D eigenvalue weighted by atomic mass is 19.4. The van der Waals surface area contributed by atoms with Gasteiger partial charge in [0.1, 0.15) is 6.04 Å². The molecule has 2 heterocycles. The number of fused-ring (bicyclic) bond motifs is 1. The molecule has 1 saturated carbocycles. The minimum Gasteiger partial charge on any atom is -0.338 e. The Kier molecular flexibility index (Phi) is 6.05. The smallest absolute Gasteiger partial charge is 0.338 e. The number of piperazine rings is 1.